The van der Waals surface area contributed by atoms with E-state index in [2.05, 4.69) is 11.8 Å². The van der Waals surface area contributed by atoms with Gasteiger partial charge in [0, 0.05) is 35.7 Å². The number of alkyl halides is 1. The van der Waals surface area contributed by atoms with E-state index in [4.69, 9.17) is 9.47 Å². The molecule has 0 aromatic heterocycles. The third-order valence-corrected chi connectivity index (χ3v) is 8.37. The maximum absolute atomic E-state index is 13.0. The molecule has 1 aliphatic heterocycles. The Morgan fingerprint density at radius 1 is 1.00 bits per heavy atom. The highest BCUT2D eigenvalue weighted by Crippen LogP contribution is 2.41. The maximum Gasteiger partial charge on any atom is 0.175 e. The van der Waals surface area contributed by atoms with Crippen LogP contribution in [0, 0.1) is 5.92 Å². The number of sulfone groups is 1. The fraction of sp³-hybridized carbons (Fsp3) is 0.290. The highest BCUT2D eigenvalue weighted by Gasteiger charge is 2.26. The van der Waals surface area contributed by atoms with Gasteiger partial charge in [-0.1, -0.05) is 18.2 Å². The zero-order chi connectivity index (χ0) is 27.6. The number of rotatable bonds is 9. The predicted octanol–water partition coefficient (Wildman–Crippen LogP) is 6.47. The molecule has 4 aromatic rings. The van der Waals surface area contributed by atoms with Crippen molar-refractivity contribution < 1.29 is 27.4 Å². The summed E-state index contributed by atoms with van der Waals surface area (Å²) in [5.74, 6) is 2.21. The molecule has 4 aromatic carbocycles. The maximum atomic E-state index is 13.0. The molecule has 39 heavy (non-hydrogen) atoms. The number of halogens is 1. The Bertz CT molecular complexity index is 1550. The van der Waals surface area contributed by atoms with Gasteiger partial charge in [0.2, 0.25) is 0 Å². The van der Waals surface area contributed by atoms with E-state index in [1.165, 1.54) is 6.26 Å². The van der Waals surface area contributed by atoms with Gasteiger partial charge in [-0.2, -0.15) is 0 Å². The summed E-state index contributed by atoms with van der Waals surface area (Å²) in [6.07, 6.45) is 2.08. The van der Waals surface area contributed by atoms with Crippen molar-refractivity contribution in [3.8, 4) is 34.1 Å². The lowest BCUT2D eigenvalue weighted by molar-refractivity contribution is 0.165. The number of phenols is 1. The third-order valence-electron chi connectivity index (χ3n) is 7.24. The average Bonchev–Trinajstić information content (AvgIpc) is 3.42. The number of hydrogen-bond donors (Lipinski definition) is 1. The smallest absolute Gasteiger partial charge is 0.175 e. The molecule has 1 aliphatic rings. The molecule has 0 radical (unpaired) electrons. The number of phenolic OH excluding ortho intramolecular Hbond substituents is 1. The Morgan fingerprint density at radius 2 is 1.72 bits per heavy atom. The molecule has 6 nitrogen and oxygen atoms in total. The lowest BCUT2D eigenvalue weighted by atomic mass is 9.99. The van der Waals surface area contributed by atoms with Gasteiger partial charge >= 0.3 is 0 Å². The van der Waals surface area contributed by atoms with Crippen molar-refractivity contribution in [2.24, 2.45) is 5.92 Å². The lowest BCUT2D eigenvalue weighted by Gasteiger charge is -2.24. The summed E-state index contributed by atoms with van der Waals surface area (Å²) >= 11 is 0. The zero-order valence-corrected chi connectivity index (χ0v) is 22.8. The number of benzene rings is 4. The van der Waals surface area contributed by atoms with E-state index < -0.39 is 9.84 Å². The molecule has 0 spiro atoms. The second-order valence-corrected chi connectivity index (χ2v) is 12.2. The largest absolute Gasteiger partial charge is 0.508 e. The molecule has 8 heteroatoms. The minimum Gasteiger partial charge on any atom is -0.508 e. The molecule has 0 amide bonds. The Labute approximate surface area is 228 Å². The first-order valence-corrected chi connectivity index (χ1v) is 14.9. The first kappa shape index (κ1) is 27.0. The SMILES string of the molecule is C[C@@H](COc1ccc(Oc2c(-c3ccc(S(C)(=O)=O)cc3)ccc3cc(O)ccc23)cc1)N1CC[C@@H](CF)C1. The van der Waals surface area contributed by atoms with Crippen molar-refractivity contribution >= 4 is 20.6 Å². The number of fused-ring (bicyclic) bond motifs is 1. The van der Waals surface area contributed by atoms with Crippen LogP contribution >= 0.6 is 0 Å². The summed E-state index contributed by atoms with van der Waals surface area (Å²) in [7, 11) is -3.31. The summed E-state index contributed by atoms with van der Waals surface area (Å²) < 4.78 is 49.2. The summed E-state index contributed by atoms with van der Waals surface area (Å²) in [6.45, 7) is 4.01. The molecule has 0 unspecified atom stereocenters. The van der Waals surface area contributed by atoms with Crippen LogP contribution in [-0.2, 0) is 9.84 Å². The lowest BCUT2D eigenvalue weighted by Crippen LogP contribution is -2.35. The van der Waals surface area contributed by atoms with E-state index in [9.17, 15) is 17.9 Å². The van der Waals surface area contributed by atoms with Gasteiger partial charge in [-0.05, 0) is 91.5 Å². The molecular weight excluding hydrogens is 517 g/mol. The summed E-state index contributed by atoms with van der Waals surface area (Å²) in [6, 6.07) is 23.2. The van der Waals surface area contributed by atoms with Crippen molar-refractivity contribution in [2.75, 3.05) is 32.6 Å². The van der Waals surface area contributed by atoms with Crippen LogP contribution in [0.1, 0.15) is 13.3 Å². The summed E-state index contributed by atoms with van der Waals surface area (Å²) in [5.41, 5.74) is 1.60. The Morgan fingerprint density at radius 3 is 2.38 bits per heavy atom. The normalized spacial score (nSPS) is 16.8. The molecule has 1 saturated heterocycles. The molecule has 5 rings (SSSR count). The topological polar surface area (TPSA) is 76.1 Å². The van der Waals surface area contributed by atoms with Gasteiger partial charge in [0.15, 0.2) is 9.84 Å². The quantitative estimate of drug-likeness (QED) is 0.258. The second kappa shape index (κ2) is 11.2. The highest BCUT2D eigenvalue weighted by atomic mass is 32.2. The van der Waals surface area contributed by atoms with Crippen molar-refractivity contribution in [1.29, 1.82) is 0 Å². The Balaban J connectivity index is 1.37. The number of hydrogen-bond acceptors (Lipinski definition) is 6. The number of likely N-dealkylation sites (tertiary alicyclic amines) is 1. The van der Waals surface area contributed by atoms with Crippen LogP contribution in [0.4, 0.5) is 4.39 Å². The first-order valence-electron chi connectivity index (χ1n) is 13.0. The van der Waals surface area contributed by atoms with Gasteiger partial charge in [0.1, 0.15) is 29.6 Å². The second-order valence-electron chi connectivity index (χ2n) is 10.2. The van der Waals surface area contributed by atoms with Gasteiger partial charge in [-0.25, -0.2) is 8.42 Å². The van der Waals surface area contributed by atoms with Crippen molar-refractivity contribution in [2.45, 2.75) is 24.3 Å². The van der Waals surface area contributed by atoms with Gasteiger partial charge in [-0.3, -0.25) is 9.29 Å². The summed E-state index contributed by atoms with van der Waals surface area (Å²) in [5, 5.41) is 11.6. The fourth-order valence-electron chi connectivity index (χ4n) is 4.94. The van der Waals surface area contributed by atoms with E-state index >= 15 is 0 Å². The minimum absolute atomic E-state index is 0.129. The van der Waals surface area contributed by atoms with Crippen LogP contribution in [0.5, 0.6) is 23.0 Å². The Kier molecular flexibility index (Phi) is 7.77. The van der Waals surface area contributed by atoms with E-state index in [1.54, 1.807) is 42.5 Å². The van der Waals surface area contributed by atoms with Crippen molar-refractivity contribution in [3.05, 3.63) is 78.9 Å². The summed E-state index contributed by atoms with van der Waals surface area (Å²) in [4.78, 5) is 2.51. The van der Waals surface area contributed by atoms with E-state index in [1.807, 2.05) is 36.4 Å². The standard InChI is InChI=1S/C31H32FNO5S/c1-21(33-16-15-22(18-32)19-33)20-37-26-7-9-27(10-8-26)38-31-29(13-5-24-17-25(34)6-14-30(24)31)23-3-11-28(12-4-23)39(2,35)36/h3-14,17,21-22,34H,15-16,18-20H2,1-2H3/t21-,22-/m0/s1. The van der Waals surface area contributed by atoms with Crippen LogP contribution in [0.3, 0.4) is 0 Å². The van der Waals surface area contributed by atoms with Crippen LogP contribution in [-0.4, -0.2) is 57.1 Å². The molecule has 204 valence electrons. The van der Waals surface area contributed by atoms with E-state index in [-0.39, 0.29) is 29.3 Å². The Hall–Kier alpha value is -3.62. The molecule has 2 atom stereocenters. The van der Waals surface area contributed by atoms with Crippen molar-refractivity contribution in [3.63, 3.8) is 0 Å². The number of aromatic hydroxyl groups is 1. The van der Waals surface area contributed by atoms with Crippen LogP contribution in [0.25, 0.3) is 21.9 Å². The third kappa shape index (κ3) is 6.18. The molecular formula is C31H32FNO5S. The number of nitrogens with zero attached hydrogens (tertiary/aromatic N) is 1. The van der Waals surface area contributed by atoms with E-state index in [0.29, 0.717) is 18.1 Å². The molecule has 0 saturated carbocycles. The van der Waals surface area contributed by atoms with E-state index in [0.717, 1.165) is 47.2 Å². The zero-order valence-electron chi connectivity index (χ0n) is 22.0. The monoisotopic (exact) mass is 549 g/mol. The molecule has 0 bridgehead atoms. The molecule has 0 aliphatic carbocycles. The van der Waals surface area contributed by atoms with Crippen molar-refractivity contribution in [1.82, 2.24) is 4.90 Å². The highest BCUT2D eigenvalue weighted by molar-refractivity contribution is 7.90. The van der Waals surface area contributed by atoms with Gasteiger partial charge in [0.05, 0.1) is 11.6 Å². The fourth-order valence-corrected chi connectivity index (χ4v) is 5.57. The molecule has 1 N–H and O–H groups in total. The van der Waals surface area contributed by atoms with Crippen LogP contribution < -0.4 is 9.47 Å². The molecule has 1 fully saturated rings. The first-order chi connectivity index (χ1) is 18.7. The predicted molar refractivity (Wildman–Crippen MR) is 151 cm³/mol. The minimum atomic E-state index is -3.31. The van der Waals surface area contributed by atoms with Gasteiger partial charge < -0.3 is 14.6 Å². The van der Waals surface area contributed by atoms with Crippen LogP contribution in [0.15, 0.2) is 83.8 Å². The van der Waals surface area contributed by atoms with Gasteiger partial charge in [-0.15, -0.1) is 0 Å². The average molecular weight is 550 g/mol. The molecule has 1 heterocycles. The van der Waals surface area contributed by atoms with Crippen LogP contribution in [0.2, 0.25) is 0 Å². The van der Waals surface area contributed by atoms with Gasteiger partial charge in [0.25, 0.3) is 0 Å². The number of ether oxygens (including phenoxy) is 2.